The number of aromatic nitrogens is 1. The van der Waals surface area contributed by atoms with Crippen molar-refractivity contribution < 1.29 is 4.79 Å². The number of nitrogens with zero attached hydrogens (tertiary/aromatic N) is 1. The van der Waals surface area contributed by atoms with Crippen molar-refractivity contribution in [2.45, 2.75) is 19.3 Å². The molecule has 0 saturated heterocycles. The van der Waals surface area contributed by atoms with E-state index in [2.05, 4.69) is 10.3 Å². The first-order valence-corrected chi connectivity index (χ1v) is 4.96. The van der Waals surface area contributed by atoms with Crippen LogP contribution in [0.5, 0.6) is 0 Å². The molecule has 0 aliphatic heterocycles. The van der Waals surface area contributed by atoms with E-state index < -0.39 is 0 Å². The summed E-state index contributed by atoms with van der Waals surface area (Å²) in [5, 5.41) is 3.08. The SMILES string of the molecule is Nc1cccnc1NC1=CC(=O)CCC1. The number of nitrogens with one attached hydrogen (secondary N) is 1. The maximum absolute atomic E-state index is 11.2. The quantitative estimate of drug-likeness (QED) is 0.767. The number of nitrogen functional groups attached to an aromatic ring is 1. The van der Waals surface area contributed by atoms with Crippen LogP contribution in [0.25, 0.3) is 0 Å². The van der Waals surface area contributed by atoms with Gasteiger partial charge in [-0.1, -0.05) is 0 Å². The molecule has 1 aromatic rings. The van der Waals surface area contributed by atoms with Crippen LogP contribution in [0.3, 0.4) is 0 Å². The summed E-state index contributed by atoms with van der Waals surface area (Å²) in [5.74, 6) is 0.789. The molecule has 2 rings (SSSR count). The Balaban J connectivity index is 2.15. The van der Waals surface area contributed by atoms with Crippen molar-refractivity contribution >= 4 is 17.3 Å². The van der Waals surface area contributed by atoms with Gasteiger partial charge in [0.25, 0.3) is 0 Å². The molecule has 0 spiro atoms. The van der Waals surface area contributed by atoms with Gasteiger partial charge in [-0.15, -0.1) is 0 Å². The average molecular weight is 203 g/mol. The van der Waals surface area contributed by atoms with Gasteiger partial charge in [0, 0.05) is 24.4 Å². The van der Waals surface area contributed by atoms with Crippen LogP contribution in [0.15, 0.2) is 30.1 Å². The summed E-state index contributed by atoms with van der Waals surface area (Å²) >= 11 is 0. The highest BCUT2D eigenvalue weighted by Gasteiger charge is 2.10. The molecule has 3 N–H and O–H groups in total. The van der Waals surface area contributed by atoms with E-state index in [-0.39, 0.29) is 5.78 Å². The number of allylic oxidation sites excluding steroid dienone is 2. The summed E-state index contributed by atoms with van der Waals surface area (Å²) in [6, 6.07) is 3.56. The summed E-state index contributed by atoms with van der Waals surface area (Å²) < 4.78 is 0. The minimum Gasteiger partial charge on any atom is -0.396 e. The number of nitrogens with two attached hydrogens (primary N) is 1. The molecule has 4 nitrogen and oxygen atoms in total. The first-order chi connectivity index (χ1) is 7.25. The van der Waals surface area contributed by atoms with E-state index in [1.807, 2.05) is 0 Å². The molecule has 1 heterocycles. The van der Waals surface area contributed by atoms with Gasteiger partial charge in [0.15, 0.2) is 11.6 Å². The third-order valence-corrected chi connectivity index (χ3v) is 2.32. The van der Waals surface area contributed by atoms with Gasteiger partial charge in [0.05, 0.1) is 5.69 Å². The van der Waals surface area contributed by atoms with Gasteiger partial charge in [-0.3, -0.25) is 4.79 Å². The van der Waals surface area contributed by atoms with Crippen molar-refractivity contribution in [3.63, 3.8) is 0 Å². The first kappa shape index (κ1) is 9.71. The Morgan fingerprint density at radius 3 is 3.00 bits per heavy atom. The number of hydrogen-bond acceptors (Lipinski definition) is 4. The van der Waals surface area contributed by atoms with Gasteiger partial charge < -0.3 is 11.1 Å². The lowest BCUT2D eigenvalue weighted by molar-refractivity contribution is -0.115. The predicted octanol–water partition coefficient (Wildman–Crippen LogP) is 1.71. The molecular weight excluding hydrogens is 190 g/mol. The smallest absolute Gasteiger partial charge is 0.157 e. The van der Waals surface area contributed by atoms with Crippen LogP contribution in [-0.4, -0.2) is 10.8 Å². The molecule has 0 bridgehead atoms. The summed E-state index contributed by atoms with van der Waals surface area (Å²) in [4.78, 5) is 15.3. The number of ketones is 1. The second-order valence-corrected chi connectivity index (χ2v) is 3.56. The minimum absolute atomic E-state index is 0.165. The number of carbonyl (C=O) groups is 1. The van der Waals surface area contributed by atoms with Gasteiger partial charge in [-0.2, -0.15) is 0 Å². The molecule has 0 fully saturated rings. The van der Waals surface area contributed by atoms with E-state index in [4.69, 9.17) is 5.73 Å². The van der Waals surface area contributed by atoms with Crippen LogP contribution >= 0.6 is 0 Å². The molecule has 0 atom stereocenters. The maximum Gasteiger partial charge on any atom is 0.157 e. The van der Waals surface area contributed by atoms with E-state index in [0.29, 0.717) is 17.9 Å². The van der Waals surface area contributed by atoms with Gasteiger partial charge in [-0.25, -0.2) is 4.98 Å². The molecule has 1 aliphatic carbocycles. The van der Waals surface area contributed by atoms with Crippen molar-refractivity contribution in [3.05, 3.63) is 30.1 Å². The Bertz CT molecular complexity index is 412. The highest BCUT2D eigenvalue weighted by molar-refractivity contribution is 5.91. The van der Waals surface area contributed by atoms with E-state index in [0.717, 1.165) is 18.5 Å². The summed E-state index contributed by atoms with van der Waals surface area (Å²) in [6.45, 7) is 0. The van der Waals surface area contributed by atoms with E-state index in [1.54, 1.807) is 24.4 Å². The lowest BCUT2D eigenvalue weighted by Gasteiger charge is -2.14. The van der Waals surface area contributed by atoms with Crippen LogP contribution in [0.4, 0.5) is 11.5 Å². The zero-order valence-electron chi connectivity index (χ0n) is 8.36. The van der Waals surface area contributed by atoms with E-state index in [9.17, 15) is 4.79 Å². The Labute approximate surface area is 88.2 Å². The number of hydrogen-bond donors (Lipinski definition) is 2. The van der Waals surface area contributed by atoms with E-state index >= 15 is 0 Å². The molecule has 0 saturated carbocycles. The molecule has 15 heavy (non-hydrogen) atoms. The van der Waals surface area contributed by atoms with Gasteiger partial charge in [-0.05, 0) is 25.0 Å². The zero-order chi connectivity index (χ0) is 10.7. The van der Waals surface area contributed by atoms with Crippen molar-refractivity contribution in [2.24, 2.45) is 0 Å². The third-order valence-electron chi connectivity index (χ3n) is 2.32. The van der Waals surface area contributed by atoms with Crippen molar-refractivity contribution in [1.82, 2.24) is 4.98 Å². The van der Waals surface area contributed by atoms with Crippen molar-refractivity contribution in [1.29, 1.82) is 0 Å². The van der Waals surface area contributed by atoms with Crippen LogP contribution in [-0.2, 0) is 4.79 Å². The lowest BCUT2D eigenvalue weighted by atomic mass is 10.0. The molecule has 1 aliphatic rings. The normalized spacial score (nSPS) is 16.0. The van der Waals surface area contributed by atoms with Crippen LogP contribution in [0.2, 0.25) is 0 Å². The lowest BCUT2D eigenvalue weighted by Crippen LogP contribution is -2.10. The Morgan fingerprint density at radius 2 is 2.27 bits per heavy atom. The standard InChI is InChI=1S/C11H13N3O/c12-10-5-2-6-13-11(10)14-8-3-1-4-9(15)7-8/h2,5-7H,1,3-4,12H2,(H,13,14). The number of carbonyl (C=O) groups excluding carboxylic acids is 1. The molecule has 0 unspecified atom stereocenters. The van der Waals surface area contributed by atoms with Gasteiger partial charge in [0.2, 0.25) is 0 Å². The zero-order valence-corrected chi connectivity index (χ0v) is 8.36. The monoisotopic (exact) mass is 203 g/mol. The molecule has 0 radical (unpaired) electrons. The molecule has 0 aromatic carbocycles. The summed E-state index contributed by atoms with van der Waals surface area (Å²) in [7, 11) is 0. The van der Waals surface area contributed by atoms with E-state index in [1.165, 1.54) is 0 Å². The summed E-state index contributed by atoms with van der Waals surface area (Å²) in [6.07, 6.45) is 5.72. The molecule has 4 heteroatoms. The van der Waals surface area contributed by atoms with Crippen LogP contribution in [0.1, 0.15) is 19.3 Å². The topological polar surface area (TPSA) is 68.0 Å². The molecule has 78 valence electrons. The number of anilines is 2. The van der Waals surface area contributed by atoms with Gasteiger partial charge >= 0.3 is 0 Å². The third kappa shape index (κ3) is 2.34. The van der Waals surface area contributed by atoms with Crippen molar-refractivity contribution in [2.75, 3.05) is 11.1 Å². The largest absolute Gasteiger partial charge is 0.396 e. The molecule has 1 aromatic heterocycles. The van der Waals surface area contributed by atoms with Crippen molar-refractivity contribution in [3.8, 4) is 0 Å². The Morgan fingerprint density at radius 1 is 1.40 bits per heavy atom. The predicted molar refractivity (Wildman–Crippen MR) is 59.2 cm³/mol. The summed E-state index contributed by atoms with van der Waals surface area (Å²) in [5.41, 5.74) is 7.23. The fraction of sp³-hybridized carbons (Fsp3) is 0.273. The second-order valence-electron chi connectivity index (χ2n) is 3.56. The highest BCUT2D eigenvalue weighted by Crippen LogP contribution is 2.20. The fourth-order valence-corrected chi connectivity index (χ4v) is 1.56. The number of rotatable bonds is 2. The maximum atomic E-state index is 11.2. The molecular formula is C11H13N3O. The highest BCUT2D eigenvalue weighted by atomic mass is 16.1. The van der Waals surface area contributed by atoms with Crippen LogP contribution in [0, 0.1) is 0 Å². The molecule has 0 amide bonds. The van der Waals surface area contributed by atoms with Crippen LogP contribution < -0.4 is 11.1 Å². The second kappa shape index (κ2) is 4.13. The fourth-order valence-electron chi connectivity index (χ4n) is 1.56. The average Bonchev–Trinajstić information content (AvgIpc) is 2.22. The van der Waals surface area contributed by atoms with Gasteiger partial charge in [0.1, 0.15) is 0 Å². The number of pyridine rings is 1. The minimum atomic E-state index is 0.165. The Kier molecular flexibility index (Phi) is 2.67. The Hall–Kier alpha value is -1.84. The first-order valence-electron chi connectivity index (χ1n) is 4.96.